The molecule has 0 aromatic carbocycles. The Kier molecular flexibility index (Phi) is 2.74. The van der Waals surface area contributed by atoms with Gasteiger partial charge in [0.1, 0.15) is 0 Å². The Morgan fingerprint density at radius 3 is 2.25 bits per heavy atom. The Hall–Kier alpha value is 0.210. The summed E-state index contributed by atoms with van der Waals surface area (Å²) >= 11 is 0. The first-order valence-corrected chi connectivity index (χ1v) is 2.63. The highest BCUT2D eigenvalue weighted by Crippen LogP contribution is 2.15. The molecule has 8 heavy (non-hydrogen) atoms. The van der Waals surface area contributed by atoms with E-state index in [0.717, 1.165) is 13.0 Å². The summed E-state index contributed by atoms with van der Waals surface area (Å²) in [7, 11) is 0. The first-order valence-electron chi connectivity index (χ1n) is 2.63. The fourth-order valence-electron chi connectivity index (χ4n) is 0.687. The molecule has 0 aromatic rings. The quantitative estimate of drug-likeness (QED) is 0.540. The summed E-state index contributed by atoms with van der Waals surface area (Å²) in [4.78, 5) is 0. The third-order valence-electron chi connectivity index (χ3n) is 1.58. The molecule has 1 unspecified atom stereocenters. The van der Waals surface area contributed by atoms with Crippen molar-refractivity contribution in [2.24, 2.45) is 0 Å². The predicted molar refractivity (Wildman–Crippen MR) is 35.4 cm³/mol. The van der Waals surface area contributed by atoms with Gasteiger partial charge in [0.25, 0.3) is 0 Å². The van der Waals surface area contributed by atoms with E-state index >= 15 is 0 Å². The van der Waals surface area contributed by atoms with Gasteiger partial charge >= 0.3 is 0 Å². The van der Waals surface area contributed by atoms with Crippen molar-refractivity contribution in [3.8, 4) is 0 Å². The van der Waals surface area contributed by atoms with Crippen LogP contribution in [-0.2, 0) is 0 Å². The highest BCUT2D eigenvalue weighted by atomic mass is 35.5. The highest BCUT2D eigenvalue weighted by Gasteiger charge is 2.29. The smallest absolute Gasteiger partial charge is 0.0611 e. The number of rotatable bonds is 1. The molecule has 0 aromatic heterocycles. The number of hydrogen-bond donors (Lipinski definition) is 2. The SMILES string of the molecule is CC1(CO)CCN1.Cl. The molecule has 50 valence electrons. The van der Waals surface area contributed by atoms with Gasteiger partial charge in [-0.15, -0.1) is 12.4 Å². The van der Waals surface area contributed by atoms with Crippen molar-refractivity contribution in [1.29, 1.82) is 0 Å². The summed E-state index contributed by atoms with van der Waals surface area (Å²) in [5.74, 6) is 0. The van der Waals surface area contributed by atoms with Gasteiger partial charge in [-0.05, 0) is 19.9 Å². The van der Waals surface area contributed by atoms with Gasteiger partial charge in [-0.1, -0.05) is 0 Å². The zero-order valence-corrected chi connectivity index (χ0v) is 5.79. The molecule has 1 heterocycles. The molecule has 1 rings (SSSR count). The lowest BCUT2D eigenvalue weighted by Crippen LogP contribution is -2.57. The van der Waals surface area contributed by atoms with Crippen molar-refractivity contribution in [2.75, 3.05) is 13.2 Å². The molecule has 2 nitrogen and oxygen atoms in total. The molecule has 1 saturated heterocycles. The van der Waals surface area contributed by atoms with Gasteiger partial charge in [-0.3, -0.25) is 0 Å². The average molecular weight is 138 g/mol. The average Bonchev–Trinajstić information content (AvgIpc) is 1.61. The van der Waals surface area contributed by atoms with Crippen LogP contribution in [0.3, 0.4) is 0 Å². The van der Waals surface area contributed by atoms with Crippen LogP contribution >= 0.6 is 12.4 Å². The summed E-state index contributed by atoms with van der Waals surface area (Å²) in [6.45, 7) is 3.36. The summed E-state index contributed by atoms with van der Waals surface area (Å²) in [5.41, 5.74) is 0.0694. The summed E-state index contributed by atoms with van der Waals surface area (Å²) in [6, 6.07) is 0. The normalized spacial score (nSPS) is 35.2. The minimum atomic E-state index is 0. The van der Waals surface area contributed by atoms with Crippen LogP contribution in [0.5, 0.6) is 0 Å². The van der Waals surface area contributed by atoms with E-state index < -0.39 is 0 Å². The zero-order valence-electron chi connectivity index (χ0n) is 4.98. The minimum absolute atomic E-state index is 0. The molecule has 0 spiro atoms. The third kappa shape index (κ3) is 1.34. The van der Waals surface area contributed by atoms with E-state index in [-0.39, 0.29) is 24.6 Å². The lowest BCUT2D eigenvalue weighted by atomic mass is 9.92. The monoisotopic (exact) mass is 137 g/mol. The topological polar surface area (TPSA) is 32.3 Å². The predicted octanol–water partition coefficient (Wildman–Crippen LogP) is 0.153. The van der Waals surface area contributed by atoms with Crippen LogP contribution in [-0.4, -0.2) is 23.8 Å². The van der Waals surface area contributed by atoms with Crippen LogP contribution in [0, 0.1) is 0 Å². The van der Waals surface area contributed by atoms with Gasteiger partial charge in [-0.2, -0.15) is 0 Å². The molecule has 1 atom stereocenters. The zero-order chi connectivity index (χ0) is 5.33. The van der Waals surface area contributed by atoms with Crippen LogP contribution in [0.25, 0.3) is 0 Å². The second-order valence-corrected chi connectivity index (χ2v) is 2.40. The molecule has 2 N–H and O–H groups in total. The lowest BCUT2D eigenvalue weighted by molar-refractivity contribution is 0.117. The van der Waals surface area contributed by atoms with Crippen molar-refractivity contribution in [3.63, 3.8) is 0 Å². The Morgan fingerprint density at radius 1 is 1.75 bits per heavy atom. The summed E-state index contributed by atoms with van der Waals surface area (Å²) in [6.07, 6.45) is 1.11. The van der Waals surface area contributed by atoms with E-state index in [4.69, 9.17) is 5.11 Å². The Balaban J connectivity index is 0.000000490. The molecule has 0 saturated carbocycles. The van der Waals surface area contributed by atoms with E-state index in [0.29, 0.717) is 0 Å². The Labute approximate surface area is 55.7 Å². The maximum absolute atomic E-state index is 8.58. The number of aliphatic hydroxyl groups excluding tert-OH is 1. The molecule has 0 bridgehead atoms. The van der Waals surface area contributed by atoms with Crippen LogP contribution < -0.4 is 5.32 Å². The fourth-order valence-corrected chi connectivity index (χ4v) is 0.687. The van der Waals surface area contributed by atoms with Crippen molar-refractivity contribution < 1.29 is 5.11 Å². The largest absolute Gasteiger partial charge is 0.394 e. The molecule has 1 aliphatic rings. The van der Waals surface area contributed by atoms with Gasteiger partial charge in [0.2, 0.25) is 0 Å². The molecule has 1 aliphatic heterocycles. The summed E-state index contributed by atoms with van der Waals surface area (Å²) in [5, 5.41) is 11.7. The van der Waals surface area contributed by atoms with Crippen molar-refractivity contribution in [2.45, 2.75) is 18.9 Å². The minimum Gasteiger partial charge on any atom is -0.394 e. The molecule has 0 amide bonds. The molecular weight excluding hydrogens is 126 g/mol. The molecule has 0 radical (unpaired) electrons. The van der Waals surface area contributed by atoms with Crippen molar-refractivity contribution in [1.82, 2.24) is 5.32 Å². The first kappa shape index (κ1) is 8.21. The highest BCUT2D eigenvalue weighted by molar-refractivity contribution is 5.85. The summed E-state index contributed by atoms with van der Waals surface area (Å²) < 4.78 is 0. The number of halogens is 1. The number of hydrogen-bond acceptors (Lipinski definition) is 2. The van der Waals surface area contributed by atoms with Crippen molar-refractivity contribution >= 4 is 12.4 Å². The maximum atomic E-state index is 8.58. The van der Waals surface area contributed by atoms with E-state index in [9.17, 15) is 0 Å². The maximum Gasteiger partial charge on any atom is 0.0611 e. The fraction of sp³-hybridized carbons (Fsp3) is 1.00. The molecule has 1 fully saturated rings. The second kappa shape index (κ2) is 2.67. The standard InChI is InChI=1S/C5H11NO.ClH/c1-5(4-7)2-3-6-5;/h6-7H,2-4H2,1H3;1H. The number of aliphatic hydroxyl groups is 1. The van der Waals surface area contributed by atoms with E-state index in [1.165, 1.54) is 0 Å². The van der Waals surface area contributed by atoms with Gasteiger partial charge in [0.05, 0.1) is 6.61 Å². The lowest BCUT2D eigenvalue weighted by Gasteiger charge is -2.38. The van der Waals surface area contributed by atoms with Crippen LogP contribution in [0.4, 0.5) is 0 Å². The third-order valence-corrected chi connectivity index (χ3v) is 1.58. The van der Waals surface area contributed by atoms with Gasteiger partial charge < -0.3 is 10.4 Å². The second-order valence-electron chi connectivity index (χ2n) is 2.40. The molecular formula is C5H12ClNO. The van der Waals surface area contributed by atoms with E-state index in [1.54, 1.807) is 0 Å². The van der Waals surface area contributed by atoms with Gasteiger partial charge in [0, 0.05) is 5.54 Å². The molecule has 3 heteroatoms. The Bertz CT molecular complexity index is 67.3. The van der Waals surface area contributed by atoms with Crippen LogP contribution in [0.15, 0.2) is 0 Å². The van der Waals surface area contributed by atoms with Crippen LogP contribution in [0.1, 0.15) is 13.3 Å². The van der Waals surface area contributed by atoms with E-state index in [1.807, 2.05) is 6.92 Å². The van der Waals surface area contributed by atoms with Crippen molar-refractivity contribution in [3.05, 3.63) is 0 Å². The Morgan fingerprint density at radius 2 is 2.25 bits per heavy atom. The van der Waals surface area contributed by atoms with Gasteiger partial charge in [0.15, 0.2) is 0 Å². The number of nitrogens with one attached hydrogen (secondary N) is 1. The van der Waals surface area contributed by atoms with Crippen LogP contribution in [0.2, 0.25) is 0 Å². The first-order chi connectivity index (χ1) is 3.27. The molecule has 0 aliphatic carbocycles. The van der Waals surface area contributed by atoms with E-state index in [2.05, 4.69) is 5.32 Å². The van der Waals surface area contributed by atoms with Gasteiger partial charge in [-0.25, -0.2) is 0 Å².